The molecule has 0 radical (unpaired) electrons. The summed E-state index contributed by atoms with van der Waals surface area (Å²) in [6.07, 6.45) is 0.566. The van der Waals surface area contributed by atoms with E-state index in [0.29, 0.717) is 30.0 Å². The Balaban J connectivity index is 2.80. The average Bonchev–Trinajstić information content (AvgIpc) is 2.33. The highest BCUT2D eigenvalue weighted by atomic mass is 16.5. The third-order valence-corrected chi connectivity index (χ3v) is 2.33. The Morgan fingerprint density at radius 2 is 1.56 bits per heavy atom. The lowest BCUT2D eigenvalue weighted by atomic mass is 10.1. The number of rotatable bonds is 7. The zero-order valence-corrected chi connectivity index (χ0v) is 10.0. The van der Waals surface area contributed by atoms with Gasteiger partial charge in [-0.05, 0) is 0 Å². The Morgan fingerprint density at radius 3 is 1.89 bits per heavy atom. The number of methoxy groups -OCH3 is 1. The number of carboxylic acids is 2. The fourth-order valence-electron chi connectivity index (χ4n) is 1.46. The molecule has 0 spiro atoms. The van der Waals surface area contributed by atoms with Gasteiger partial charge in [0.1, 0.15) is 5.75 Å². The van der Waals surface area contributed by atoms with E-state index < -0.39 is 11.9 Å². The lowest BCUT2D eigenvalue weighted by Crippen LogP contribution is -2.04. The summed E-state index contributed by atoms with van der Waals surface area (Å²) in [5.74, 6) is -1.23. The van der Waals surface area contributed by atoms with Gasteiger partial charge in [0.25, 0.3) is 0 Å². The molecule has 18 heavy (non-hydrogen) atoms. The minimum absolute atomic E-state index is 0.0153. The van der Waals surface area contributed by atoms with Crippen LogP contribution < -0.4 is 4.74 Å². The maximum atomic E-state index is 10.5. The molecule has 0 aromatic carbocycles. The summed E-state index contributed by atoms with van der Waals surface area (Å²) >= 11 is 0. The van der Waals surface area contributed by atoms with Crippen molar-refractivity contribution in [2.24, 2.45) is 0 Å². The van der Waals surface area contributed by atoms with Crippen LogP contribution in [0.15, 0.2) is 12.1 Å². The molecule has 1 aromatic rings. The van der Waals surface area contributed by atoms with E-state index in [4.69, 9.17) is 14.9 Å². The molecule has 0 aliphatic carbocycles. The van der Waals surface area contributed by atoms with Crippen molar-refractivity contribution < 1.29 is 24.5 Å². The molecule has 0 aliphatic rings. The van der Waals surface area contributed by atoms with Gasteiger partial charge < -0.3 is 14.9 Å². The molecule has 0 amide bonds. The van der Waals surface area contributed by atoms with E-state index in [-0.39, 0.29) is 12.8 Å². The van der Waals surface area contributed by atoms with Gasteiger partial charge in [0.2, 0.25) is 0 Å². The number of carboxylic acid groups (broad SMARTS) is 2. The fourth-order valence-corrected chi connectivity index (χ4v) is 1.46. The van der Waals surface area contributed by atoms with Gasteiger partial charge >= 0.3 is 11.9 Å². The first-order valence-electron chi connectivity index (χ1n) is 5.48. The van der Waals surface area contributed by atoms with E-state index in [1.165, 1.54) is 7.11 Å². The first-order valence-corrected chi connectivity index (χ1v) is 5.48. The highest BCUT2D eigenvalue weighted by Crippen LogP contribution is 2.16. The third kappa shape index (κ3) is 4.82. The largest absolute Gasteiger partial charge is 0.497 e. The lowest BCUT2D eigenvalue weighted by molar-refractivity contribution is -0.137. The van der Waals surface area contributed by atoms with Gasteiger partial charge in [-0.3, -0.25) is 14.6 Å². The molecule has 0 bridgehead atoms. The quantitative estimate of drug-likeness (QED) is 0.756. The third-order valence-electron chi connectivity index (χ3n) is 2.33. The minimum Gasteiger partial charge on any atom is -0.497 e. The Hall–Kier alpha value is -2.11. The Labute approximate surface area is 104 Å². The van der Waals surface area contributed by atoms with Crippen LogP contribution in [0, 0.1) is 0 Å². The molecule has 0 saturated heterocycles. The van der Waals surface area contributed by atoms with Crippen LogP contribution in [0.5, 0.6) is 5.75 Å². The van der Waals surface area contributed by atoms with Crippen molar-refractivity contribution in [3.63, 3.8) is 0 Å². The number of aryl methyl sites for hydroxylation is 2. The lowest BCUT2D eigenvalue weighted by Gasteiger charge is -2.07. The summed E-state index contributed by atoms with van der Waals surface area (Å²) in [5.41, 5.74) is 1.19. The van der Waals surface area contributed by atoms with Crippen molar-refractivity contribution in [1.29, 1.82) is 0 Å². The van der Waals surface area contributed by atoms with Gasteiger partial charge in [-0.1, -0.05) is 0 Å². The number of hydrogen-bond donors (Lipinski definition) is 2. The van der Waals surface area contributed by atoms with E-state index in [9.17, 15) is 9.59 Å². The van der Waals surface area contributed by atoms with Crippen LogP contribution in [-0.2, 0) is 22.4 Å². The molecule has 0 fully saturated rings. The van der Waals surface area contributed by atoms with Crippen molar-refractivity contribution in [3.8, 4) is 5.75 Å². The Kier molecular flexibility index (Phi) is 5.10. The number of nitrogens with zero attached hydrogens (tertiary/aromatic N) is 1. The summed E-state index contributed by atoms with van der Waals surface area (Å²) in [5, 5.41) is 17.2. The van der Waals surface area contributed by atoms with Crippen molar-refractivity contribution >= 4 is 11.9 Å². The predicted octanol–water partition coefficient (Wildman–Crippen LogP) is 1.12. The molecule has 2 N–H and O–H groups in total. The first kappa shape index (κ1) is 14.0. The first-order chi connectivity index (χ1) is 8.51. The number of aliphatic carboxylic acids is 2. The summed E-state index contributed by atoms with van der Waals surface area (Å²) < 4.78 is 5.07. The van der Waals surface area contributed by atoms with Crippen LogP contribution in [0.3, 0.4) is 0 Å². The van der Waals surface area contributed by atoms with Crippen molar-refractivity contribution in [1.82, 2.24) is 4.98 Å². The predicted molar refractivity (Wildman–Crippen MR) is 62.7 cm³/mol. The van der Waals surface area contributed by atoms with Crippen LogP contribution in [0.2, 0.25) is 0 Å². The number of carbonyl (C=O) groups is 2. The topological polar surface area (TPSA) is 96.7 Å². The zero-order chi connectivity index (χ0) is 13.5. The number of ether oxygens (including phenoxy) is 1. The smallest absolute Gasteiger partial charge is 0.303 e. The summed E-state index contributed by atoms with van der Waals surface area (Å²) in [7, 11) is 1.50. The van der Waals surface area contributed by atoms with Crippen LogP contribution in [0.4, 0.5) is 0 Å². The molecule has 1 heterocycles. The van der Waals surface area contributed by atoms with Gasteiger partial charge in [0.05, 0.1) is 20.0 Å². The number of hydrogen-bond acceptors (Lipinski definition) is 4. The van der Waals surface area contributed by atoms with E-state index in [1.54, 1.807) is 12.1 Å². The van der Waals surface area contributed by atoms with Gasteiger partial charge in [-0.2, -0.15) is 0 Å². The molecule has 98 valence electrons. The molecule has 1 rings (SSSR count). The highest BCUT2D eigenvalue weighted by molar-refractivity contribution is 5.67. The SMILES string of the molecule is COc1cc(CCC(=O)O)nc(CCC(=O)O)c1. The Morgan fingerprint density at radius 1 is 1.11 bits per heavy atom. The van der Waals surface area contributed by atoms with E-state index in [1.807, 2.05) is 0 Å². The molecular weight excluding hydrogens is 238 g/mol. The summed E-state index contributed by atoms with van der Waals surface area (Å²) in [4.78, 5) is 25.2. The van der Waals surface area contributed by atoms with Gasteiger partial charge in [-0.15, -0.1) is 0 Å². The highest BCUT2D eigenvalue weighted by Gasteiger charge is 2.07. The maximum absolute atomic E-state index is 10.5. The van der Waals surface area contributed by atoms with Gasteiger partial charge in [0.15, 0.2) is 0 Å². The van der Waals surface area contributed by atoms with Crippen molar-refractivity contribution in [2.75, 3.05) is 7.11 Å². The second-order valence-corrected chi connectivity index (χ2v) is 3.78. The van der Waals surface area contributed by atoms with Gasteiger partial charge in [0, 0.05) is 36.4 Å². The van der Waals surface area contributed by atoms with E-state index in [2.05, 4.69) is 4.98 Å². The van der Waals surface area contributed by atoms with Crippen molar-refractivity contribution in [3.05, 3.63) is 23.5 Å². The molecule has 1 aromatic heterocycles. The molecule has 0 aliphatic heterocycles. The average molecular weight is 253 g/mol. The zero-order valence-electron chi connectivity index (χ0n) is 10.0. The molecule has 0 atom stereocenters. The standard InChI is InChI=1S/C12H15NO5/c1-18-10-6-8(2-4-11(14)15)13-9(7-10)3-5-12(16)17/h6-7H,2-5H2,1H3,(H,14,15)(H,16,17). The fraction of sp³-hybridized carbons (Fsp3) is 0.417. The number of pyridine rings is 1. The molecule has 6 heteroatoms. The van der Waals surface area contributed by atoms with Crippen LogP contribution in [0.1, 0.15) is 24.2 Å². The van der Waals surface area contributed by atoms with E-state index >= 15 is 0 Å². The summed E-state index contributed by atoms with van der Waals surface area (Å²) in [6, 6.07) is 3.32. The van der Waals surface area contributed by atoms with Crippen LogP contribution in [-0.4, -0.2) is 34.2 Å². The molecule has 6 nitrogen and oxygen atoms in total. The van der Waals surface area contributed by atoms with E-state index in [0.717, 1.165) is 0 Å². The summed E-state index contributed by atoms with van der Waals surface area (Å²) in [6.45, 7) is 0. The van der Waals surface area contributed by atoms with Crippen LogP contribution in [0.25, 0.3) is 0 Å². The monoisotopic (exact) mass is 253 g/mol. The maximum Gasteiger partial charge on any atom is 0.303 e. The second kappa shape index (κ2) is 6.58. The van der Waals surface area contributed by atoms with Crippen molar-refractivity contribution in [2.45, 2.75) is 25.7 Å². The molecule has 0 unspecified atom stereocenters. The van der Waals surface area contributed by atoms with Crippen LogP contribution >= 0.6 is 0 Å². The number of aromatic nitrogens is 1. The molecule has 0 saturated carbocycles. The molecular formula is C12H15NO5. The normalized spacial score (nSPS) is 10.1. The van der Waals surface area contributed by atoms with Gasteiger partial charge in [-0.25, -0.2) is 0 Å². The minimum atomic E-state index is -0.897. The Bertz CT molecular complexity index is 408. The second-order valence-electron chi connectivity index (χ2n) is 3.78.